The van der Waals surface area contributed by atoms with Crippen molar-refractivity contribution in [3.63, 3.8) is 0 Å². The number of benzene rings is 3. The van der Waals surface area contributed by atoms with Crippen LogP contribution in [0.2, 0.25) is 5.02 Å². The molecule has 39 heavy (non-hydrogen) atoms. The van der Waals surface area contributed by atoms with Gasteiger partial charge in [0.25, 0.3) is 10.0 Å². The summed E-state index contributed by atoms with van der Waals surface area (Å²) in [5.41, 5.74) is -0.147. The van der Waals surface area contributed by atoms with Gasteiger partial charge in [0.2, 0.25) is 5.91 Å². The molecule has 3 aromatic carbocycles. The van der Waals surface area contributed by atoms with Crippen molar-refractivity contribution in [1.29, 1.82) is 0 Å². The predicted molar refractivity (Wildman–Crippen MR) is 143 cm³/mol. The van der Waals surface area contributed by atoms with Crippen LogP contribution < -0.4 is 19.1 Å². The molecule has 0 aliphatic carbocycles. The number of ether oxygens (including phenoxy) is 2. The van der Waals surface area contributed by atoms with Gasteiger partial charge in [-0.2, -0.15) is 13.2 Å². The van der Waals surface area contributed by atoms with Crippen molar-refractivity contribution in [3.05, 3.63) is 82.4 Å². The van der Waals surface area contributed by atoms with Crippen LogP contribution in [0.3, 0.4) is 0 Å². The fourth-order valence-corrected chi connectivity index (χ4v) is 5.27. The third kappa shape index (κ3) is 7.57. The monoisotopic (exact) mass is 584 g/mol. The van der Waals surface area contributed by atoms with Crippen LogP contribution in [0.5, 0.6) is 11.5 Å². The van der Waals surface area contributed by atoms with E-state index in [2.05, 4.69) is 5.32 Å². The molecule has 0 fully saturated rings. The van der Waals surface area contributed by atoms with Crippen LogP contribution in [0.15, 0.2) is 65.6 Å². The van der Waals surface area contributed by atoms with Gasteiger partial charge in [0.15, 0.2) is 11.5 Å². The number of halogens is 4. The largest absolute Gasteiger partial charge is 0.490 e. The van der Waals surface area contributed by atoms with Gasteiger partial charge >= 0.3 is 6.18 Å². The summed E-state index contributed by atoms with van der Waals surface area (Å²) in [6, 6.07) is 13.5. The molecule has 0 aromatic heterocycles. The summed E-state index contributed by atoms with van der Waals surface area (Å²) in [6.45, 7) is 5.47. The Labute approximate surface area is 230 Å². The highest BCUT2D eigenvalue weighted by molar-refractivity contribution is 7.92. The van der Waals surface area contributed by atoms with E-state index in [9.17, 15) is 26.4 Å². The third-order valence-electron chi connectivity index (χ3n) is 5.54. The molecule has 3 aromatic rings. The average Bonchev–Trinajstić information content (AvgIpc) is 2.87. The van der Waals surface area contributed by atoms with Crippen LogP contribution in [0, 0.1) is 6.92 Å². The lowest BCUT2D eigenvalue weighted by molar-refractivity contribution is -0.137. The van der Waals surface area contributed by atoms with Crippen molar-refractivity contribution in [3.8, 4) is 11.5 Å². The summed E-state index contributed by atoms with van der Waals surface area (Å²) in [4.78, 5) is 12.8. The molecule has 0 saturated carbocycles. The Morgan fingerprint density at radius 3 is 2.21 bits per heavy atom. The van der Waals surface area contributed by atoms with Gasteiger partial charge < -0.3 is 14.8 Å². The molecule has 0 bridgehead atoms. The topological polar surface area (TPSA) is 84.9 Å². The smallest absolute Gasteiger partial charge is 0.417 e. The van der Waals surface area contributed by atoms with E-state index < -0.39 is 39.2 Å². The minimum Gasteiger partial charge on any atom is -0.490 e. The lowest BCUT2D eigenvalue weighted by Gasteiger charge is -2.25. The Bertz CT molecular complexity index is 1410. The van der Waals surface area contributed by atoms with E-state index in [4.69, 9.17) is 21.1 Å². The van der Waals surface area contributed by atoms with Gasteiger partial charge in [-0.25, -0.2) is 8.42 Å². The quantitative estimate of drug-likeness (QED) is 0.300. The zero-order valence-electron chi connectivity index (χ0n) is 21.5. The molecule has 0 radical (unpaired) electrons. The summed E-state index contributed by atoms with van der Waals surface area (Å²) in [6.07, 6.45) is -4.83. The first-order valence-electron chi connectivity index (χ1n) is 12.0. The lowest BCUT2D eigenvalue weighted by Crippen LogP contribution is -2.40. The normalized spacial score (nSPS) is 11.7. The molecule has 0 heterocycles. The van der Waals surface area contributed by atoms with E-state index in [-0.39, 0.29) is 17.1 Å². The van der Waals surface area contributed by atoms with E-state index in [1.807, 2.05) is 13.8 Å². The Morgan fingerprint density at radius 2 is 1.59 bits per heavy atom. The lowest BCUT2D eigenvalue weighted by atomic mass is 10.2. The van der Waals surface area contributed by atoms with Crippen molar-refractivity contribution in [2.24, 2.45) is 0 Å². The van der Waals surface area contributed by atoms with Gasteiger partial charge in [0, 0.05) is 6.54 Å². The molecule has 0 spiro atoms. The number of rotatable bonds is 11. The Hall–Kier alpha value is -3.44. The van der Waals surface area contributed by atoms with Crippen molar-refractivity contribution in [2.45, 2.75) is 38.4 Å². The van der Waals surface area contributed by atoms with E-state index >= 15 is 0 Å². The molecule has 1 N–H and O–H groups in total. The van der Waals surface area contributed by atoms with Gasteiger partial charge in [-0.05, 0) is 68.8 Å². The predicted octanol–water partition coefficient (Wildman–Crippen LogP) is 5.98. The van der Waals surface area contributed by atoms with Crippen LogP contribution >= 0.6 is 11.6 Å². The number of carbonyl (C=O) groups excluding carboxylic acids is 1. The third-order valence-corrected chi connectivity index (χ3v) is 7.65. The molecule has 0 aliphatic rings. The zero-order valence-corrected chi connectivity index (χ0v) is 23.1. The molecule has 210 valence electrons. The van der Waals surface area contributed by atoms with E-state index in [0.717, 1.165) is 17.7 Å². The molecule has 1 amide bonds. The SMILES string of the molecule is CCOc1ccc(CNC(=O)CN(c2ccc(Cl)c(C(F)(F)F)c2)S(=O)(=O)c2ccc(C)cc2)cc1OCC. The minimum atomic E-state index is -4.83. The number of amides is 1. The van der Waals surface area contributed by atoms with Crippen molar-refractivity contribution in [1.82, 2.24) is 5.32 Å². The number of hydrogen-bond acceptors (Lipinski definition) is 5. The molecule has 3 rings (SSSR count). The Balaban J connectivity index is 1.91. The fraction of sp³-hybridized carbons (Fsp3) is 0.296. The summed E-state index contributed by atoms with van der Waals surface area (Å²) in [5, 5.41) is 2.03. The molecular weight excluding hydrogens is 557 g/mol. The van der Waals surface area contributed by atoms with E-state index in [0.29, 0.717) is 40.6 Å². The highest BCUT2D eigenvalue weighted by Gasteiger charge is 2.35. The van der Waals surface area contributed by atoms with Crippen LogP contribution in [0.4, 0.5) is 18.9 Å². The molecule has 12 heteroatoms. The first-order chi connectivity index (χ1) is 18.4. The van der Waals surface area contributed by atoms with Crippen LogP contribution in [0.25, 0.3) is 0 Å². The number of anilines is 1. The van der Waals surface area contributed by atoms with Gasteiger partial charge in [-0.3, -0.25) is 9.10 Å². The minimum absolute atomic E-state index is 0.0121. The second-order valence-electron chi connectivity index (χ2n) is 8.41. The highest BCUT2D eigenvalue weighted by Crippen LogP contribution is 2.38. The molecule has 0 saturated heterocycles. The van der Waals surface area contributed by atoms with Gasteiger partial charge in [0.05, 0.1) is 34.4 Å². The van der Waals surface area contributed by atoms with Gasteiger partial charge in [-0.1, -0.05) is 35.4 Å². The number of carbonyl (C=O) groups is 1. The fourth-order valence-electron chi connectivity index (χ4n) is 3.63. The van der Waals surface area contributed by atoms with Crippen LogP contribution in [0.1, 0.15) is 30.5 Å². The number of nitrogens with one attached hydrogen (secondary N) is 1. The summed E-state index contributed by atoms with van der Waals surface area (Å²) in [5.74, 6) is 0.282. The van der Waals surface area contributed by atoms with Gasteiger partial charge in [-0.15, -0.1) is 0 Å². The molecule has 7 nitrogen and oxygen atoms in total. The number of sulfonamides is 1. The van der Waals surface area contributed by atoms with Crippen LogP contribution in [-0.4, -0.2) is 34.1 Å². The number of hydrogen-bond donors (Lipinski definition) is 1. The van der Waals surface area contributed by atoms with Crippen molar-refractivity contribution >= 4 is 33.2 Å². The standard InChI is InChI=1S/C27H28ClF3N2O5S/c1-4-37-24-13-8-19(14-25(24)38-5-2)16-32-26(34)17-33(39(35,36)21-10-6-18(3)7-11-21)20-9-12-23(28)22(15-20)27(29,30)31/h6-15H,4-5,16-17H2,1-3H3,(H,32,34). The average molecular weight is 585 g/mol. The molecule has 0 aliphatic heterocycles. The number of alkyl halides is 3. The van der Waals surface area contributed by atoms with E-state index in [1.54, 1.807) is 37.3 Å². The Morgan fingerprint density at radius 1 is 0.949 bits per heavy atom. The number of nitrogens with zero attached hydrogens (tertiary/aromatic N) is 1. The second kappa shape index (κ2) is 12.6. The van der Waals surface area contributed by atoms with Gasteiger partial charge in [0.1, 0.15) is 6.54 Å². The zero-order chi connectivity index (χ0) is 28.8. The van der Waals surface area contributed by atoms with Crippen LogP contribution in [-0.2, 0) is 27.5 Å². The molecular formula is C27H28ClF3N2O5S. The highest BCUT2D eigenvalue weighted by atomic mass is 35.5. The first-order valence-corrected chi connectivity index (χ1v) is 13.8. The maximum Gasteiger partial charge on any atom is 0.417 e. The second-order valence-corrected chi connectivity index (χ2v) is 10.7. The molecule has 0 atom stereocenters. The summed E-state index contributed by atoms with van der Waals surface area (Å²) in [7, 11) is -4.42. The van der Waals surface area contributed by atoms with Crippen molar-refractivity contribution < 1.29 is 35.9 Å². The maximum atomic E-state index is 13.5. The maximum absolute atomic E-state index is 13.5. The number of aryl methyl sites for hydroxylation is 1. The van der Waals surface area contributed by atoms with E-state index in [1.165, 1.54) is 12.1 Å². The van der Waals surface area contributed by atoms with Crippen molar-refractivity contribution in [2.75, 3.05) is 24.1 Å². The summed E-state index contributed by atoms with van der Waals surface area (Å²) >= 11 is 5.74. The summed E-state index contributed by atoms with van der Waals surface area (Å²) < 4.78 is 79.4. The first kappa shape index (κ1) is 30.1. The Kier molecular flexibility index (Phi) is 9.73. The molecule has 0 unspecified atom stereocenters.